The van der Waals surface area contributed by atoms with Gasteiger partial charge in [0.1, 0.15) is 11.6 Å². The number of aliphatic hydroxyl groups excluding tert-OH is 1. The Balaban J connectivity index is 2.05. The van der Waals surface area contributed by atoms with Gasteiger partial charge in [-0.2, -0.15) is 0 Å². The second-order valence-electron chi connectivity index (χ2n) is 11.5. The zero-order valence-corrected chi connectivity index (χ0v) is 26.1. The Morgan fingerprint density at radius 1 is 1.09 bits per heavy atom. The number of methoxy groups -OCH3 is 1. The lowest BCUT2D eigenvalue weighted by Gasteiger charge is -2.42. The highest BCUT2D eigenvalue weighted by molar-refractivity contribution is 6.03. The van der Waals surface area contributed by atoms with Crippen LogP contribution < -0.4 is 21.5 Å². The number of nitrogens with two attached hydrogens (primary N) is 2. The lowest BCUT2D eigenvalue weighted by Crippen LogP contribution is -2.52. The zero-order chi connectivity index (χ0) is 32.4. The molecule has 0 radical (unpaired) electrons. The highest BCUT2D eigenvalue weighted by Gasteiger charge is 2.49. The summed E-state index contributed by atoms with van der Waals surface area (Å²) in [7, 11) is 1.58. The van der Waals surface area contributed by atoms with Gasteiger partial charge in [0, 0.05) is 43.2 Å². The van der Waals surface area contributed by atoms with Gasteiger partial charge in [-0.1, -0.05) is 44.2 Å². The standard InChI is InChI=1S/C34H45FN4O5/c1-5-12-39(13-6-2)32(42)26-17-25(31(36)41)18-34(19-26,33(37)43)28(16-23-10-11-29(35)22(3)14-23)30(40)21-38-20-24-8-7-9-27(15-24)44-4/h7-11,14-15,17-18,28,30,38,40H,5-6,12-13,16,19-21H2,1-4H3,(H2,36,41)(H2,37,43)/t28-,30+,34?/m1/s1. The molecule has 0 fully saturated rings. The minimum Gasteiger partial charge on any atom is -0.497 e. The molecule has 6 N–H and O–H groups in total. The first-order valence-corrected chi connectivity index (χ1v) is 15.0. The number of ether oxygens (including phenoxy) is 1. The van der Waals surface area contributed by atoms with Gasteiger partial charge in [-0.25, -0.2) is 4.39 Å². The third kappa shape index (κ3) is 8.33. The molecule has 3 amide bonds. The molecule has 2 aromatic rings. The minimum absolute atomic E-state index is 0.0248. The highest BCUT2D eigenvalue weighted by Crippen LogP contribution is 2.44. The monoisotopic (exact) mass is 608 g/mol. The van der Waals surface area contributed by atoms with Crippen LogP contribution >= 0.6 is 0 Å². The Labute approximate surface area is 259 Å². The summed E-state index contributed by atoms with van der Waals surface area (Å²) in [6.45, 7) is 7.00. The molecule has 0 bridgehead atoms. The van der Waals surface area contributed by atoms with Crippen LogP contribution in [0.3, 0.4) is 0 Å². The molecule has 0 spiro atoms. The molecule has 3 atom stereocenters. The molecule has 0 saturated carbocycles. The average molecular weight is 609 g/mol. The van der Waals surface area contributed by atoms with Crippen LogP contribution in [0.4, 0.5) is 4.39 Å². The van der Waals surface area contributed by atoms with Gasteiger partial charge in [0.25, 0.3) is 0 Å². The van der Waals surface area contributed by atoms with Crippen molar-refractivity contribution in [2.75, 3.05) is 26.7 Å². The number of nitrogens with zero attached hydrogens (tertiary/aromatic N) is 1. The number of nitrogens with one attached hydrogen (secondary N) is 1. The van der Waals surface area contributed by atoms with Crippen molar-refractivity contribution >= 4 is 17.7 Å². The number of carbonyl (C=O) groups is 3. The third-order valence-electron chi connectivity index (χ3n) is 8.14. The number of aryl methyl sites for hydroxylation is 1. The summed E-state index contributed by atoms with van der Waals surface area (Å²) < 4.78 is 19.5. The van der Waals surface area contributed by atoms with E-state index in [9.17, 15) is 23.9 Å². The number of hydrogen-bond donors (Lipinski definition) is 4. The number of rotatable bonds is 16. The Kier molecular flexibility index (Phi) is 12.2. The summed E-state index contributed by atoms with van der Waals surface area (Å²) in [4.78, 5) is 41.6. The number of primary amides is 2. The maximum atomic E-state index is 14.2. The molecule has 1 aliphatic rings. The van der Waals surface area contributed by atoms with Crippen LogP contribution in [0.25, 0.3) is 0 Å². The summed E-state index contributed by atoms with van der Waals surface area (Å²) in [6.07, 6.45) is 3.11. The van der Waals surface area contributed by atoms with Crippen molar-refractivity contribution in [1.82, 2.24) is 10.2 Å². The second-order valence-corrected chi connectivity index (χ2v) is 11.5. The van der Waals surface area contributed by atoms with Gasteiger partial charge in [0.2, 0.25) is 17.7 Å². The molecule has 10 heteroatoms. The van der Waals surface area contributed by atoms with Gasteiger partial charge < -0.3 is 31.5 Å². The van der Waals surface area contributed by atoms with Crippen LogP contribution in [0.5, 0.6) is 5.75 Å². The predicted molar refractivity (Wildman–Crippen MR) is 168 cm³/mol. The van der Waals surface area contributed by atoms with Crippen molar-refractivity contribution in [3.8, 4) is 5.75 Å². The Bertz CT molecular complexity index is 1400. The smallest absolute Gasteiger partial charge is 0.249 e. The lowest BCUT2D eigenvalue weighted by molar-refractivity contribution is -0.132. The molecule has 1 unspecified atom stereocenters. The topological polar surface area (TPSA) is 148 Å². The maximum Gasteiger partial charge on any atom is 0.249 e. The zero-order valence-electron chi connectivity index (χ0n) is 26.1. The summed E-state index contributed by atoms with van der Waals surface area (Å²) in [6, 6.07) is 12.0. The van der Waals surface area contributed by atoms with E-state index in [1.807, 2.05) is 38.1 Å². The molecule has 0 heterocycles. The van der Waals surface area contributed by atoms with Gasteiger partial charge in [-0.05, 0) is 73.6 Å². The van der Waals surface area contributed by atoms with Gasteiger partial charge in [0.15, 0.2) is 0 Å². The van der Waals surface area contributed by atoms with Crippen LogP contribution in [0.1, 0.15) is 49.8 Å². The molecule has 0 aliphatic heterocycles. The van der Waals surface area contributed by atoms with Crippen LogP contribution in [-0.2, 0) is 27.3 Å². The van der Waals surface area contributed by atoms with Gasteiger partial charge in [-0.3, -0.25) is 14.4 Å². The molecule has 238 valence electrons. The molecule has 2 aromatic carbocycles. The van der Waals surface area contributed by atoms with Crippen LogP contribution in [-0.4, -0.2) is 60.6 Å². The third-order valence-corrected chi connectivity index (χ3v) is 8.14. The van der Waals surface area contributed by atoms with Crippen molar-refractivity contribution < 1.29 is 28.6 Å². The highest BCUT2D eigenvalue weighted by atomic mass is 19.1. The first-order chi connectivity index (χ1) is 20.9. The van der Waals surface area contributed by atoms with E-state index < -0.39 is 29.3 Å². The molecular formula is C34H45FN4O5. The molecule has 9 nitrogen and oxygen atoms in total. The maximum absolute atomic E-state index is 14.2. The van der Waals surface area contributed by atoms with E-state index in [1.165, 1.54) is 18.2 Å². The summed E-state index contributed by atoms with van der Waals surface area (Å²) in [5, 5.41) is 15.0. The van der Waals surface area contributed by atoms with E-state index >= 15 is 0 Å². The quantitative estimate of drug-likeness (QED) is 0.230. The Morgan fingerprint density at radius 3 is 2.39 bits per heavy atom. The number of carbonyl (C=O) groups excluding carboxylic acids is 3. The van der Waals surface area contributed by atoms with Crippen LogP contribution in [0.15, 0.2) is 65.8 Å². The first-order valence-electron chi connectivity index (χ1n) is 15.0. The van der Waals surface area contributed by atoms with Gasteiger partial charge in [-0.15, -0.1) is 0 Å². The minimum atomic E-state index is -1.65. The lowest BCUT2D eigenvalue weighted by atomic mass is 9.63. The summed E-state index contributed by atoms with van der Waals surface area (Å²) >= 11 is 0. The van der Waals surface area contributed by atoms with Gasteiger partial charge >= 0.3 is 0 Å². The number of benzene rings is 2. The Morgan fingerprint density at radius 2 is 1.80 bits per heavy atom. The van der Waals surface area contributed by atoms with E-state index in [-0.39, 0.29) is 42.3 Å². The largest absolute Gasteiger partial charge is 0.497 e. The molecular weight excluding hydrogens is 563 g/mol. The molecule has 44 heavy (non-hydrogen) atoms. The van der Waals surface area contributed by atoms with Gasteiger partial charge in [0.05, 0.1) is 18.6 Å². The van der Waals surface area contributed by atoms with Crippen molar-refractivity contribution in [1.29, 1.82) is 0 Å². The predicted octanol–water partition coefficient (Wildman–Crippen LogP) is 3.31. The second kappa shape index (κ2) is 15.6. The fourth-order valence-corrected chi connectivity index (χ4v) is 5.88. The van der Waals surface area contributed by atoms with E-state index in [1.54, 1.807) is 31.1 Å². The Hall–Kier alpha value is -4.02. The number of halogens is 1. The normalized spacial score (nSPS) is 17.7. The fraction of sp³-hybridized carbons (Fsp3) is 0.441. The molecule has 0 aromatic heterocycles. The van der Waals surface area contributed by atoms with Crippen LogP contribution in [0.2, 0.25) is 0 Å². The molecule has 1 aliphatic carbocycles. The van der Waals surface area contributed by atoms with Crippen molar-refractivity contribution in [2.45, 2.75) is 59.1 Å². The van der Waals surface area contributed by atoms with E-state index in [4.69, 9.17) is 16.2 Å². The van der Waals surface area contributed by atoms with E-state index in [0.29, 0.717) is 36.5 Å². The van der Waals surface area contributed by atoms with E-state index in [0.717, 1.165) is 18.4 Å². The van der Waals surface area contributed by atoms with Crippen LogP contribution in [0, 0.1) is 24.1 Å². The SMILES string of the molecule is CCCN(CCC)C(=O)C1=CC(C(N)=O)=CC(C(N)=O)([C@H](Cc2ccc(F)c(C)c2)[C@@H](O)CNCc2cccc(OC)c2)C1. The number of hydrogen-bond acceptors (Lipinski definition) is 6. The average Bonchev–Trinajstić information content (AvgIpc) is 3.00. The number of aliphatic hydroxyl groups is 1. The van der Waals surface area contributed by atoms with Crippen molar-refractivity contribution in [3.63, 3.8) is 0 Å². The fourth-order valence-electron chi connectivity index (χ4n) is 5.88. The first kappa shape index (κ1) is 34.5. The molecule has 3 rings (SSSR count). The molecule has 0 saturated heterocycles. The number of amides is 3. The van der Waals surface area contributed by atoms with Crippen molar-refractivity contribution in [3.05, 3.63) is 88.3 Å². The summed E-state index contributed by atoms with van der Waals surface area (Å²) in [5.74, 6) is -2.53. The summed E-state index contributed by atoms with van der Waals surface area (Å²) in [5.41, 5.74) is 12.4. The van der Waals surface area contributed by atoms with Crippen molar-refractivity contribution in [2.24, 2.45) is 22.8 Å². The van der Waals surface area contributed by atoms with E-state index in [2.05, 4.69) is 5.32 Å².